The monoisotopic (exact) mass is 1160 g/mol. The second-order valence-electron chi connectivity index (χ2n) is 24.8. The van der Waals surface area contributed by atoms with Crippen molar-refractivity contribution in [2.45, 2.75) is 399 Å². The molecule has 0 aromatic heterocycles. The van der Waals surface area contributed by atoms with E-state index in [-0.39, 0.29) is 31.1 Å². The van der Waals surface area contributed by atoms with E-state index in [1.54, 1.807) is 0 Å². The fourth-order valence-corrected chi connectivity index (χ4v) is 11.0. The maximum atomic E-state index is 12.9. The molecule has 0 N–H and O–H groups in total. The van der Waals surface area contributed by atoms with Crippen molar-refractivity contribution in [3.05, 3.63) is 60.8 Å². The van der Waals surface area contributed by atoms with Gasteiger partial charge in [-0.25, -0.2) is 0 Å². The molecule has 6 heteroatoms. The van der Waals surface area contributed by atoms with Crippen LogP contribution in [-0.2, 0) is 28.6 Å². The van der Waals surface area contributed by atoms with Crippen LogP contribution in [0.3, 0.4) is 0 Å². The molecule has 0 aromatic rings. The van der Waals surface area contributed by atoms with Gasteiger partial charge in [-0.3, -0.25) is 14.4 Å². The molecule has 83 heavy (non-hydrogen) atoms. The molecule has 1 unspecified atom stereocenters. The third-order valence-corrected chi connectivity index (χ3v) is 16.5. The van der Waals surface area contributed by atoms with Crippen molar-refractivity contribution in [2.24, 2.45) is 0 Å². The molecule has 0 aromatic carbocycles. The summed E-state index contributed by atoms with van der Waals surface area (Å²) < 4.78 is 17.0. The normalized spacial score (nSPS) is 12.4. The molecule has 0 saturated heterocycles. The number of hydrogen-bond donors (Lipinski definition) is 0. The van der Waals surface area contributed by atoms with Gasteiger partial charge in [-0.15, -0.1) is 0 Å². The van der Waals surface area contributed by atoms with Gasteiger partial charge in [-0.2, -0.15) is 0 Å². The molecule has 0 aliphatic carbocycles. The third kappa shape index (κ3) is 69.8. The second-order valence-corrected chi connectivity index (χ2v) is 24.8. The van der Waals surface area contributed by atoms with E-state index in [9.17, 15) is 14.4 Å². The second kappa shape index (κ2) is 71.6. The van der Waals surface area contributed by atoms with Gasteiger partial charge in [0.15, 0.2) is 6.10 Å². The van der Waals surface area contributed by atoms with Crippen molar-refractivity contribution >= 4 is 17.9 Å². The fourth-order valence-electron chi connectivity index (χ4n) is 11.0. The van der Waals surface area contributed by atoms with E-state index in [1.165, 1.54) is 270 Å². The van der Waals surface area contributed by atoms with E-state index >= 15 is 0 Å². The zero-order valence-electron chi connectivity index (χ0n) is 55.7. The molecule has 0 radical (unpaired) electrons. The van der Waals surface area contributed by atoms with Gasteiger partial charge in [0.2, 0.25) is 0 Å². The predicted octanol–water partition coefficient (Wildman–Crippen LogP) is 25.5. The quantitative estimate of drug-likeness (QED) is 0.0261. The standard InChI is InChI=1S/C77H140O6/c1-4-7-10-13-16-19-22-24-26-28-30-31-32-33-34-35-36-37-38-39-40-41-42-43-44-45-47-48-50-52-55-58-61-64-67-70-76(79)82-73-74(72-81-75(78)69-66-63-60-57-54-21-18-15-12-9-6-3)83-77(80)71-68-65-62-59-56-53-51-49-46-29-27-25-23-20-17-14-11-8-5-2/h7,10,16,19,24-27,30-31,74H,4-6,8-9,11-15,17-18,20-23,28-29,32-73H2,1-3H3/b10-7-,19-16-,26-24-,27-25-,31-30-. The first-order chi connectivity index (χ1) is 41.0. The third-order valence-electron chi connectivity index (χ3n) is 16.5. The van der Waals surface area contributed by atoms with Gasteiger partial charge in [-0.05, 0) is 83.5 Å². The van der Waals surface area contributed by atoms with Gasteiger partial charge in [0.25, 0.3) is 0 Å². The average molecular weight is 1160 g/mol. The summed E-state index contributed by atoms with van der Waals surface area (Å²) in [7, 11) is 0. The minimum absolute atomic E-state index is 0.0678. The van der Waals surface area contributed by atoms with Crippen LogP contribution in [0.1, 0.15) is 393 Å². The lowest BCUT2D eigenvalue weighted by Gasteiger charge is -2.18. The summed E-state index contributed by atoms with van der Waals surface area (Å²) >= 11 is 0. The number of hydrogen-bond acceptors (Lipinski definition) is 6. The molecule has 6 nitrogen and oxygen atoms in total. The fraction of sp³-hybridized carbons (Fsp3) is 0.831. The average Bonchev–Trinajstić information content (AvgIpc) is 3.48. The molecule has 0 aliphatic heterocycles. The van der Waals surface area contributed by atoms with E-state index in [0.717, 1.165) is 83.5 Å². The summed E-state index contributed by atoms with van der Waals surface area (Å²) in [5.41, 5.74) is 0. The molecule has 0 amide bonds. The molecule has 0 rings (SSSR count). The van der Waals surface area contributed by atoms with Crippen LogP contribution in [0.2, 0.25) is 0 Å². The van der Waals surface area contributed by atoms with Gasteiger partial charge in [0.05, 0.1) is 0 Å². The van der Waals surface area contributed by atoms with Gasteiger partial charge in [-0.1, -0.05) is 351 Å². The van der Waals surface area contributed by atoms with Crippen LogP contribution in [0.25, 0.3) is 0 Å². The molecular weight excluding hydrogens is 1020 g/mol. The van der Waals surface area contributed by atoms with Gasteiger partial charge in [0.1, 0.15) is 13.2 Å². The highest BCUT2D eigenvalue weighted by Crippen LogP contribution is 2.19. The Bertz CT molecular complexity index is 1470. The largest absolute Gasteiger partial charge is 0.462 e. The number of carbonyl (C=O) groups excluding carboxylic acids is 3. The number of ether oxygens (including phenoxy) is 3. The van der Waals surface area contributed by atoms with Crippen LogP contribution < -0.4 is 0 Å². The molecule has 484 valence electrons. The smallest absolute Gasteiger partial charge is 0.306 e. The van der Waals surface area contributed by atoms with Crippen LogP contribution in [0.5, 0.6) is 0 Å². The van der Waals surface area contributed by atoms with Crippen LogP contribution in [0, 0.1) is 0 Å². The van der Waals surface area contributed by atoms with Crippen molar-refractivity contribution in [3.63, 3.8) is 0 Å². The van der Waals surface area contributed by atoms with E-state index < -0.39 is 6.10 Å². The van der Waals surface area contributed by atoms with E-state index in [2.05, 4.69) is 81.5 Å². The molecule has 0 heterocycles. The van der Waals surface area contributed by atoms with Crippen LogP contribution in [0.4, 0.5) is 0 Å². The van der Waals surface area contributed by atoms with Crippen molar-refractivity contribution in [3.8, 4) is 0 Å². The molecule has 1 atom stereocenters. The van der Waals surface area contributed by atoms with E-state index in [4.69, 9.17) is 14.2 Å². The van der Waals surface area contributed by atoms with E-state index in [0.29, 0.717) is 19.3 Å². The van der Waals surface area contributed by atoms with Crippen molar-refractivity contribution in [1.82, 2.24) is 0 Å². The Morgan fingerprint density at radius 3 is 0.747 bits per heavy atom. The lowest BCUT2D eigenvalue weighted by molar-refractivity contribution is -0.167. The first kappa shape index (κ1) is 80.1. The summed E-state index contributed by atoms with van der Waals surface area (Å²) in [6, 6.07) is 0. The Hall–Kier alpha value is -2.89. The number of esters is 3. The van der Waals surface area contributed by atoms with Crippen molar-refractivity contribution < 1.29 is 28.6 Å². The van der Waals surface area contributed by atoms with Crippen LogP contribution in [-0.4, -0.2) is 37.2 Å². The Morgan fingerprint density at radius 1 is 0.253 bits per heavy atom. The summed E-state index contributed by atoms with van der Waals surface area (Å²) in [5.74, 6) is -0.843. The molecule has 0 saturated carbocycles. The highest BCUT2D eigenvalue weighted by atomic mass is 16.6. The Kier molecular flexibility index (Phi) is 69.1. The van der Waals surface area contributed by atoms with Crippen LogP contribution in [0.15, 0.2) is 60.8 Å². The molecule has 0 fully saturated rings. The maximum absolute atomic E-state index is 12.9. The van der Waals surface area contributed by atoms with Crippen molar-refractivity contribution in [1.29, 1.82) is 0 Å². The lowest BCUT2D eigenvalue weighted by atomic mass is 10.0. The molecular formula is C77H140O6. The zero-order valence-corrected chi connectivity index (χ0v) is 55.7. The summed E-state index contributed by atoms with van der Waals surface area (Å²) in [5, 5.41) is 0. The predicted molar refractivity (Wildman–Crippen MR) is 362 cm³/mol. The Morgan fingerprint density at radius 2 is 0.470 bits per heavy atom. The highest BCUT2D eigenvalue weighted by molar-refractivity contribution is 5.71. The summed E-state index contributed by atoms with van der Waals surface area (Å²) in [6.45, 7) is 6.58. The highest BCUT2D eigenvalue weighted by Gasteiger charge is 2.19. The maximum Gasteiger partial charge on any atom is 0.306 e. The summed E-state index contributed by atoms with van der Waals surface area (Å²) in [6.07, 6.45) is 92.8. The molecule has 0 spiro atoms. The SMILES string of the molecule is CC/C=C\C/C=C\C/C=C\C/C=C\CCCCCCCCCCCCCCCCCCCCCCCCC(=O)OCC(COC(=O)CCCCCCCCCCCCC)OC(=O)CCCCCCCCCCC/C=C\CCCCCCCC. The van der Waals surface area contributed by atoms with Gasteiger partial charge in [0, 0.05) is 19.3 Å². The Balaban J connectivity index is 4.06. The minimum Gasteiger partial charge on any atom is -0.462 e. The minimum atomic E-state index is -0.771. The zero-order chi connectivity index (χ0) is 59.9. The molecule has 0 bridgehead atoms. The number of unbranched alkanes of at least 4 members (excludes halogenated alkanes) is 47. The van der Waals surface area contributed by atoms with E-state index in [1.807, 2.05) is 0 Å². The number of carbonyl (C=O) groups is 3. The molecule has 0 aliphatic rings. The topological polar surface area (TPSA) is 78.9 Å². The van der Waals surface area contributed by atoms with Crippen LogP contribution >= 0.6 is 0 Å². The first-order valence-corrected chi connectivity index (χ1v) is 36.8. The van der Waals surface area contributed by atoms with Gasteiger partial charge >= 0.3 is 17.9 Å². The summed E-state index contributed by atoms with van der Waals surface area (Å²) in [4.78, 5) is 38.4. The van der Waals surface area contributed by atoms with Crippen molar-refractivity contribution in [2.75, 3.05) is 13.2 Å². The van der Waals surface area contributed by atoms with Gasteiger partial charge < -0.3 is 14.2 Å². The lowest BCUT2D eigenvalue weighted by Crippen LogP contribution is -2.30. The number of allylic oxidation sites excluding steroid dienone is 10. The number of rotatable bonds is 68. The Labute approximate surface area is 517 Å². The first-order valence-electron chi connectivity index (χ1n) is 36.8.